The third kappa shape index (κ3) is 4.88. The molecule has 0 aliphatic carbocycles. The molecule has 1 aromatic heterocycles. The highest BCUT2D eigenvalue weighted by atomic mass is 16.5. The predicted octanol–water partition coefficient (Wildman–Crippen LogP) is 4.30. The molecule has 1 N–H and O–H groups in total. The Morgan fingerprint density at radius 2 is 1.66 bits per heavy atom. The van der Waals surface area contributed by atoms with Crippen LogP contribution in [0.5, 0.6) is 17.2 Å². The first-order chi connectivity index (χ1) is 15.4. The van der Waals surface area contributed by atoms with Gasteiger partial charge in [-0.05, 0) is 31.4 Å². The van der Waals surface area contributed by atoms with Gasteiger partial charge >= 0.3 is 0 Å². The lowest BCUT2D eigenvalue weighted by Gasteiger charge is -2.16. The minimum Gasteiger partial charge on any atom is -0.496 e. The van der Waals surface area contributed by atoms with Gasteiger partial charge in [-0.15, -0.1) is 0 Å². The molecule has 0 spiro atoms. The van der Waals surface area contributed by atoms with Gasteiger partial charge in [0.2, 0.25) is 0 Å². The molecule has 0 saturated heterocycles. The lowest BCUT2D eigenvalue weighted by atomic mass is 10.0. The van der Waals surface area contributed by atoms with Crippen molar-refractivity contribution >= 4 is 5.91 Å². The molecule has 0 saturated carbocycles. The van der Waals surface area contributed by atoms with E-state index >= 15 is 0 Å². The first-order valence-electron chi connectivity index (χ1n) is 10.6. The molecular weight excluding hydrogens is 406 g/mol. The van der Waals surface area contributed by atoms with E-state index in [4.69, 9.17) is 14.2 Å². The molecule has 0 radical (unpaired) electrons. The summed E-state index contributed by atoms with van der Waals surface area (Å²) in [7, 11) is 4.80. The van der Waals surface area contributed by atoms with Crippen molar-refractivity contribution in [2.75, 3.05) is 27.9 Å². The molecule has 3 aromatic rings. The summed E-state index contributed by atoms with van der Waals surface area (Å²) in [6, 6.07) is 11.7. The average Bonchev–Trinajstić information content (AvgIpc) is 3.25. The van der Waals surface area contributed by atoms with Crippen molar-refractivity contribution in [3.05, 3.63) is 65.0 Å². The van der Waals surface area contributed by atoms with Gasteiger partial charge in [-0.1, -0.05) is 31.5 Å². The molecule has 0 aliphatic heterocycles. The number of carbonyl (C=O) groups is 1. The molecular formula is C25H31N3O4. The van der Waals surface area contributed by atoms with Crippen LogP contribution < -0.4 is 19.5 Å². The van der Waals surface area contributed by atoms with Crippen LogP contribution in [-0.2, 0) is 6.42 Å². The summed E-state index contributed by atoms with van der Waals surface area (Å²) in [6.45, 7) is 6.59. The molecule has 0 atom stereocenters. The third-order valence-electron chi connectivity index (χ3n) is 5.35. The number of ether oxygens (including phenoxy) is 3. The SMILES string of the molecule is COc1cc(OC)c(CCNC(=O)c2cnn(-c3ccc(C)cc3)c2C(C)C)c(OC)c1. The number of methoxy groups -OCH3 is 3. The number of hydrogen-bond acceptors (Lipinski definition) is 5. The first-order valence-corrected chi connectivity index (χ1v) is 10.6. The molecule has 170 valence electrons. The van der Waals surface area contributed by atoms with Crippen molar-refractivity contribution in [3.8, 4) is 22.9 Å². The Labute approximate surface area is 189 Å². The molecule has 32 heavy (non-hydrogen) atoms. The standard InChI is InChI=1S/C25H31N3O4/c1-16(2)24-21(15-27-28(24)18-9-7-17(3)8-10-18)25(29)26-12-11-20-22(31-5)13-19(30-4)14-23(20)32-6/h7-10,13-16H,11-12H2,1-6H3,(H,26,29). The second-order valence-electron chi connectivity index (χ2n) is 7.86. The number of hydrogen-bond donors (Lipinski definition) is 1. The van der Waals surface area contributed by atoms with E-state index in [1.54, 1.807) is 27.5 Å². The van der Waals surface area contributed by atoms with Gasteiger partial charge in [0, 0.05) is 24.2 Å². The Morgan fingerprint density at radius 3 is 2.19 bits per heavy atom. The number of rotatable bonds is 9. The van der Waals surface area contributed by atoms with E-state index < -0.39 is 0 Å². The molecule has 3 rings (SSSR count). The third-order valence-corrected chi connectivity index (χ3v) is 5.35. The van der Waals surface area contributed by atoms with E-state index in [0.29, 0.717) is 35.8 Å². The van der Waals surface area contributed by atoms with Gasteiger partial charge in [-0.25, -0.2) is 4.68 Å². The van der Waals surface area contributed by atoms with E-state index in [1.807, 2.05) is 48.0 Å². The largest absolute Gasteiger partial charge is 0.496 e. The summed E-state index contributed by atoms with van der Waals surface area (Å²) in [5, 5.41) is 7.51. The van der Waals surface area contributed by atoms with E-state index in [0.717, 1.165) is 16.9 Å². The van der Waals surface area contributed by atoms with E-state index in [1.165, 1.54) is 5.56 Å². The number of aryl methyl sites for hydroxylation is 1. The van der Waals surface area contributed by atoms with Gasteiger partial charge in [0.05, 0.1) is 44.5 Å². The van der Waals surface area contributed by atoms with Crippen molar-refractivity contribution in [3.63, 3.8) is 0 Å². The van der Waals surface area contributed by atoms with E-state index in [2.05, 4.69) is 24.3 Å². The maximum absolute atomic E-state index is 13.0. The Hall–Kier alpha value is -3.48. The molecule has 7 nitrogen and oxygen atoms in total. The topological polar surface area (TPSA) is 74.6 Å². The highest BCUT2D eigenvalue weighted by Crippen LogP contribution is 2.34. The van der Waals surface area contributed by atoms with Crippen LogP contribution in [0.25, 0.3) is 5.69 Å². The van der Waals surface area contributed by atoms with Crippen LogP contribution in [0, 0.1) is 6.92 Å². The lowest BCUT2D eigenvalue weighted by molar-refractivity contribution is 0.0952. The van der Waals surface area contributed by atoms with E-state index in [-0.39, 0.29) is 11.8 Å². The van der Waals surface area contributed by atoms with Gasteiger partial charge in [0.25, 0.3) is 5.91 Å². The second-order valence-corrected chi connectivity index (χ2v) is 7.86. The number of nitrogens with zero attached hydrogens (tertiary/aromatic N) is 2. The van der Waals surface area contributed by atoms with Crippen LogP contribution in [-0.4, -0.2) is 43.6 Å². The van der Waals surface area contributed by atoms with Crippen LogP contribution in [0.15, 0.2) is 42.6 Å². The zero-order valence-electron chi connectivity index (χ0n) is 19.6. The smallest absolute Gasteiger partial charge is 0.254 e. The fraction of sp³-hybridized carbons (Fsp3) is 0.360. The Balaban J connectivity index is 1.78. The molecule has 0 aliphatic rings. The minimum atomic E-state index is -0.154. The summed E-state index contributed by atoms with van der Waals surface area (Å²) in [5.41, 5.74) is 4.44. The highest BCUT2D eigenvalue weighted by Gasteiger charge is 2.21. The minimum absolute atomic E-state index is 0.126. The second kappa shape index (κ2) is 10.2. The first kappa shape index (κ1) is 23.2. The molecule has 7 heteroatoms. The maximum Gasteiger partial charge on any atom is 0.254 e. The van der Waals surface area contributed by atoms with Gasteiger partial charge in [0.15, 0.2) is 0 Å². The Bertz CT molecular complexity index is 1050. The molecule has 0 bridgehead atoms. The number of benzene rings is 2. The lowest BCUT2D eigenvalue weighted by Crippen LogP contribution is -2.27. The molecule has 0 unspecified atom stereocenters. The number of amides is 1. The molecule has 0 fully saturated rings. The van der Waals surface area contributed by atoms with Crippen molar-refractivity contribution in [2.45, 2.75) is 33.1 Å². The van der Waals surface area contributed by atoms with Crippen LogP contribution in [0.1, 0.15) is 46.9 Å². The maximum atomic E-state index is 13.0. The van der Waals surface area contributed by atoms with Crippen molar-refractivity contribution in [1.29, 1.82) is 0 Å². The van der Waals surface area contributed by atoms with Gasteiger partial charge in [-0.2, -0.15) is 5.10 Å². The quantitative estimate of drug-likeness (QED) is 0.540. The molecule has 1 heterocycles. The summed E-state index contributed by atoms with van der Waals surface area (Å²) >= 11 is 0. The van der Waals surface area contributed by atoms with Crippen LogP contribution in [0.3, 0.4) is 0 Å². The summed E-state index contributed by atoms with van der Waals surface area (Å²) in [6.07, 6.45) is 2.18. The van der Waals surface area contributed by atoms with Crippen LogP contribution in [0.2, 0.25) is 0 Å². The predicted molar refractivity (Wildman–Crippen MR) is 125 cm³/mol. The monoisotopic (exact) mass is 437 g/mol. The van der Waals surface area contributed by atoms with Gasteiger partial charge < -0.3 is 19.5 Å². The summed E-state index contributed by atoms with van der Waals surface area (Å²) in [5.74, 6) is 1.94. The summed E-state index contributed by atoms with van der Waals surface area (Å²) < 4.78 is 18.1. The summed E-state index contributed by atoms with van der Waals surface area (Å²) in [4.78, 5) is 13.0. The molecule has 1 amide bonds. The van der Waals surface area contributed by atoms with Crippen molar-refractivity contribution in [1.82, 2.24) is 15.1 Å². The average molecular weight is 438 g/mol. The van der Waals surface area contributed by atoms with Crippen molar-refractivity contribution in [2.24, 2.45) is 0 Å². The number of aromatic nitrogens is 2. The zero-order valence-corrected chi connectivity index (χ0v) is 19.6. The fourth-order valence-electron chi connectivity index (χ4n) is 3.70. The van der Waals surface area contributed by atoms with Crippen molar-refractivity contribution < 1.29 is 19.0 Å². The van der Waals surface area contributed by atoms with Crippen LogP contribution >= 0.6 is 0 Å². The van der Waals surface area contributed by atoms with Gasteiger partial charge in [0.1, 0.15) is 17.2 Å². The fourth-order valence-corrected chi connectivity index (χ4v) is 3.70. The zero-order chi connectivity index (χ0) is 23.3. The normalized spacial score (nSPS) is 10.8. The van der Waals surface area contributed by atoms with Gasteiger partial charge in [-0.3, -0.25) is 4.79 Å². The Kier molecular flexibility index (Phi) is 7.41. The van der Waals surface area contributed by atoms with E-state index in [9.17, 15) is 4.79 Å². The molecule has 2 aromatic carbocycles. The number of nitrogens with one attached hydrogen (secondary N) is 1. The Morgan fingerprint density at radius 1 is 1.03 bits per heavy atom. The van der Waals surface area contributed by atoms with Crippen LogP contribution in [0.4, 0.5) is 0 Å². The number of carbonyl (C=O) groups excluding carboxylic acids is 1. The highest BCUT2D eigenvalue weighted by molar-refractivity contribution is 5.95.